The first kappa shape index (κ1) is 10.0. The van der Waals surface area contributed by atoms with E-state index in [4.69, 9.17) is 4.74 Å². The zero-order valence-corrected chi connectivity index (χ0v) is 8.84. The molecular weight excluding hydrogens is 148 g/mol. The van der Waals surface area contributed by atoms with Crippen LogP contribution >= 0.6 is 0 Å². The molecule has 1 aliphatic rings. The third kappa shape index (κ3) is 2.22. The second kappa shape index (κ2) is 4.27. The first-order valence-corrected chi connectivity index (χ1v) is 5.18. The lowest BCUT2D eigenvalue weighted by molar-refractivity contribution is -0.00982. The molecule has 0 heterocycles. The molecule has 0 saturated heterocycles. The monoisotopic (exact) mass is 170 g/mol. The normalized spacial score (nSPS) is 37.2. The number of methoxy groups -OCH3 is 1. The quantitative estimate of drug-likeness (QED) is 0.619. The summed E-state index contributed by atoms with van der Waals surface area (Å²) in [6.45, 7) is 6.96. The molecule has 1 rings (SSSR count). The van der Waals surface area contributed by atoms with Gasteiger partial charge in [0.2, 0.25) is 0 Å². The van der Waals surface area contributed by atoms with Crippen molar-refractivity contribution in [3.05, 3.63) is 0 Å². The van der Waals surface area contributed by atoms with Gasteiger partial charge in [0.15, 0.2) is 0 Å². The van der Waals surface area contributed by atoms with Gasteiger partial charge in [-0.2, -0.15) is 0 Å². The fourth-order valence-corrected chi connectivity index (χ4v) is 2.39. The summed E-state index contributed by atoms with van der Waals surface area (Å²) in [7, 11) is 1.86. The van der Waals surface area contributed by atoms with Crippen LogP contribution in [0.3, 0.4) is 0 Å². The maximum absolute atomic E-state index is 5.54. The van der Waals surface area contributed by atoms with E-state index in [9.17, 15) is 0 Å². The van der Waals surface area contributed by atoms with E-state index in [-0.39, 0.29) is 0 Å². The average molecular weight is 170 g/mol. The molecule has 3 atom stereocenters. The van der Waals surface area contributed by atoms with Crippen LogP contribution in [0.2, 0.25) is 0 Å². The van der Waals surface area contributed by atoms with Gasteiger partial charge in [0.05, 0.1) is 6.10 Å². The highest BCUT2D eigenvalue weighted by Crippen LogP contribution is 2.34. The fraction of sp³-hybridized carbons (Fsp3) is 1.00. The van der Waals surface area contributed by atoms with Gasteiger partial charge in [0, 0.05) is 7.11 Å². The molecule has 0 spiro atoms. The van der Waals surface area contributed by atoms with Crippen LogP contribution in [0.4, 0.5) is 0 Å². The molecule has 0 aromatic rings. The van der Waals surface area contributed by atoms with E-state index < -0.39 is 0 Å². The minimum absolute atomic E-state index is 0.522. The van der Waals surface area contributed by atoms with Crippen LogP contribution in [0.15, 0.2) is 0 Å². The zero-order chi connectivity index (χ0) is 9.14. The smallest absolute Gasteiger partial charge is 0.0604 e. The molecule has 0 aliphatic heterocycles. The highest BCUT2D eigenvalue weighted by Gasteiger charge is 2.30. The predicted molar refractivity (Wildman–Crippen MR) is 52.1 cm³/mol. The van der Waals surface area contributed by atoms with Crippen LogP contribution in [0.5, 0.6) is 0 Å². The van der Waals surface area contributed by atoms with Crippen molar-refractivity contribution in [2.75, 3.05) is 7.11 Å². The van der Waals surface area contributed by atoms with Crippen molar-refractivity contribution in [1.29, 1.82) is 0 Å². The lowest BCUT2D eigenvalue weighted by Crippen LogP contribution is -2.33. The first-order chi connectivity index (χ1) is 5.65. The summed E-state index contributed by atoms with van der Waals surface area (Å²) in [4.78, 5) is 0. The molecule has 0 aromatic carbocycles. The summed E-state index contributed by atoms with van der Waals surface area (Å²) in [5, 5.41) is 0. The van der Waals surface area contributed by atoms with Crippen molar-refractivity contribution in [2.45, 2.75) is 46.1 Å². The summed E-state index contributed by atoms with van der Waals surface area (Å²) >= 11 is 0. The molecule has 0 unspecified atom stereocenters. The molecule has 12 heavy (non-hydrogen) atoms. The number of hydrogen-bond donors (Lipinski definition) is 0. The van der Waals surface area contributed by atoms with Crippen LogP contribution in [0, 0.1) is 17.8 Å². The van der Waals surface area contributed by atoms with Crippen LogP contribution < -0.4 is 0 Å². The van der Waals surface area contributed by atoms with Gasteiger partial charge in [-0.3, -0.25) is 0 Å². The maximum atomic E-state index is 5.54. The first-order valence-electron chi connectivity index (χ1n) is 5.18. The van der Waals surface area contributed by atoms with Crippen molar-refractivity contribution < 1.29 is 4.74 Å². The zero-order valence-electron chi connectivity index (χ0n) is 8.84. The molecule has 0 N–H and O–H groups in total. The maximum Gasteiger partial charge on any atom is 0.0604 e. The topological polar surface area (TPSA) is 9.23 Å². The van der Waals surface area contributed by atoms with Gasteiger partial charge < -0.3 is 4.74 Å². The number of rotatable bonds is 2. The highest BCUT2D eigenvalue weighted by atomic mass is 16.5. The van der Waals surface area contributed by atoms with E-state index in [0.29, 0.717) is 6.10 Å². The fourth-order valence-electron chi connectivity index (χ4n) is 2.39. The molecule has 1 saturated carbocycles. The molecule has 1 fully saturated rings. The summed E-state index contributed by atoms with van der Waals surface area (Å²) in [5.41, 5.74) is 0. The van der Waals surface area contributed by atoms with E-state index in [1.54, 1.807) is 0 Å². The minimum Gasteiger partial charge on any atom is -0.381 e. The number of ether oxygens (including phenoxy) is 1. The van der Waals surface area contributed by atoms with E-state index in [0.717, 1.165) is 17.8 Å². The Hall–Kier alpha value is -0.0400. The van der Waals surface area contributed by atoms with Crippen molar-refractivity contribution in [3.63, 3.8) is 0 Å². The molecule has 1 aliphatic carbocycles. The Labute approximate surface area is 76.5 Å². The summed E-state index contributed by atoms with van der Waals surface area (Å²) in [6.07, 6.45) is 4.54. The average Bonchev–Trinajstić information content (AvgIpc) is 2.03. The minimum atomic E-state index is 0.522. The van der Waals surface area contributed by atoms with Gasteiger partial charge >= 0.3 is 0 Å². The SMILES string of the molecule is CO[C@H]1C[C@H](C)CC[C@H]1C(C)C. The Morgan fingerprint density at radius 3 is 2.42 bits per heavy atom. The summed E-state index contributed by atoms with van der Waals surface area (Å²) in [6, 6.07) is 0. The highest BCUT2D eigenvalue weighted by molar-refractivity contribution is 4.80. The Balaban J connectivity index is 2.50. The Kier molecular flexibility index (Phi) is 3.57. The van der Waals surface area contributed by atoms with Crippen molar-refractivity contribution >= 4 is 0 Å². The van der Waals surface area contributed by atoms with Gasteiger partial charge in [0.25, 0.3) is 0 Å². The number of hydrogen-bond acceptors (Lipinski definition) is 1. The summed E-state index contributed by atoms with van der Waals surface area (Å²) in [5.74, 6) is 2.44. The molecule has 0 bridgehead atoms. The second-order valence-corrected chi connectivity index (χ2v) is 4.60. The van der Waals surface area contributed by atoms with Gasteiger partial charge in [-0.15, -0.1) is 0 Å². The van der Waals surface area contributed by atoms with Gasteiger partial charge in [-0.05, 0) is 30.6 Å². The van der Waals surface area contributed by atoms with Crippen molar-refractivity contribution in [3.8, 4) is 0 Å². The van der Waals surface area contributed by atoms with Crippen LogP contribution in [0.1, 0.15) is 40.0 Å². The standard InChI is InChI=1S/C11H22O/c1-8(2)10-6-5-9(3)7-11(10)12-4/h8-11H,5-7H2,1-4H3/t9-,10+,11+/m1/s1. The van der Waals surface area contributed by atoms with Gasteiger partial charge in [0.1, 0.15) is 0 Å². The lowest BCUT2D eigenvalue weighted by Gasteiger charge is -2.36. The van der Waals surface area contributed by atoms with Crippen LogP contribution in [-0.2, 0) is 4.74 Å². The Morgan fingerprint density at radius 1 is 1.25 bits per heavy atom. The Bertz CT molecular complexity index is 131. The second-order valence-electron chi connectivity index (χ2n) is 4.60. The lowest BCUT2D eigenvalue weighted by atomic mass is 9.75. The molecule has 0 amide bonds. The van der Waals surface area contributed by atoms with Crippen molar-refractivity contribution in [1.82, 2.24) is 0 Å². The van der Waals surface area contributed by atoms with Crippen molar-refractivity contribution in [2.24, 2.45) is 17.8 Å². The van der Waals surface area contributed by atoms with Crippen LogP contribution in [0.25, 0.3) is 0 Å². The third-order valence-corrected chi connectivity index (χ3v) is 3.26. The van der Waals surface area contributed by atoms with Crippen LogP contribution in [-0.4, -0.2) is 13.2 Å². The van der Waals surface area contributed by atoms with E-state index >= 15 is 0 Å². The predicted octanol–water partition coefficient (Wildman–Crippen LogP) is 3.09. The molecule has 1 nitrogen and oxygen atoms in total. The summed E-state index contributed by atoms with van der Waals surface area (Å²) < 4.78 is 5.54. The van der Waals surface area contributed by atoms with E-state index in [1.807, 2.05) is 7.11 Å². The Morgan fingerprint density at radius 2 is 1.92 bits per heavy atom. The molecule has 0 radical (unpaired) electrons. The third-order valence-electron chi connectivity index (χ3n) is 3.26. The molecule has 1 heteroatoms. The molecule has 0 aromatic heterocycles. The van der Waals surface area contributed by atoms with Gasteiger partial charge in [-0.25, -0.2) is 0 Å². The van der Waals surface area contributed by atoms with Gasteiger partial charge in [-0.1, -0.05) is 27.2 Å². The van der Waals surface area contributed by atoms with E-state index in [1.165, 1.54) is 19.3 Å². The van der Waals surface area contributed by atoms with E-state index in [2.05, 4.69) is 20.8 Å². The molecule has 72 valence electrons. The molecular formula is C11H22O. The largest absolute Gasteiger partial charge is 0.381 e.